The van der Waals surface area contributed by atoms with Crippen LogP contribution < -0.4 is 14.4 Å². The molecule has 0 saturated heterocycles. The Morgan fingerprint density at radius 1 is 0.778 bits per heavy atom. The van der Waals surface area contributed by atoms with Gasteiger partial charge in [-0.2, -0.15) is 0 Å². The van der Waals surface area contributed by atoms with Crippen molar-refractivity contribution in [3.63, 3.8) is 0 Å². The van der Waals surface area contributed by atoms with E-state index in [1.807, 2.05) is 96.8 Å². The summed E-state index contributed by atoms with van der Waals surface area (Å²) in [7, 11) is -1.48. The van der Waals surface area contributed by atoms with Gasteiger partial charge in [0.2, 0.25) is 5.91 Å². The SMILES string of the molecule is CC(=O)NC(=CP(Oc1ccccc1)Oc1ccccc1)c1ccccc1. The van der Waals surface area contributed by atoms with E-state index in [9.17, 15) is 4.79 Å². The van der Waals surface area contributed by atoms with Crippen LogP contribution in [0.1, 0.15) is 12.5 Å². The second-order valence-electron chi connectivity index (χ2n) is 5.68. The first kappa shape index (κ1) is 18.7. The summed E-state index contributed by atoms with van der Waals surface area (Å²) < 4.78 is 12.1. The molecule has 136 valence electrons. The average molecular weight is 377 g/mol. The molecule has 5 heteroatoms. The summed E-state index contributed by atoms with van der Waals surface area (Å²) >= 11 is 0. The van der Waals surface area contributed by atoms with Crippen molar-refractivity contribution in [2.45, 2.75) is 6.92 Å². The third kappa shape index (κ3) is 5.98. The Balaban J connectivity index is 1.93. The van der Waals surface area contributed by atoms with Crippen LogP contribution in [-0.2, 0) is 4.79 Å². The van der Waals surface area contributed by atoms with E-state index in [-0.39, 0.29) is 5.91 Å². The predicted molar refractivity (Wildman–Crippen MR) is 109 cm³/mol. The zero-order valence-electron chi connectivity index (χ0n) is 14.9. The third-order valence-corrected chi connectivity index (χ3v) is 4.76. The first-order chi connectivity index (χ1) is 13.2. The summed E-state index contributed by atoms with van der Waals surface area (Å²) in [6.45, 7) is 1.48. The molecule has 0 heterocycles. The van der Waals surface area contributed by atoms with E-state index >= 15 is 0 Å². The van der Waals surface area contributed by atoms with E-state index < -0.39 is 8.38 Å². The van der Waals surface area contributed by atoms with E-state index in [4.69, 9.17) is 9.05 Å². The van der Waals surface area contributed by atoms with Crippen LogP contribution in [0.5, 0.6) is 11.5 Å². The van der Waals surface area contributed by atoms with Crippen molar-refractivity contribution in [1.82, 2.24) is 5.32 Å². The van der Waals surface area contributed by atoms with Gasteiger partial charge < -0.3 is 14.4 Å². The van der Waals surface area contributed by atoms with E-state index in [0.29, 0.717) is 17.2 Å². The Morgan fingerprint density at radius 3 is 1.67 bits per heavy atom. The summed E-state index contributed by atoms with van der Waals surface area (Å²) in [5, 5.41) is 2.88. The van der Waals surface area contributed by atoms with Crippen LogP contribution in [0, 0.1) is 0 Å². The molecular formula is C22H20NO3P. The maximum Gasteiger partial charge on any atom is 0.320 e. The maximum atomic E-state index is 11.7. The van der Waals surface area contributed by atoms with E-state index in [1.165, 1.54) is 6.92 Å². The van der Waals surface area contributed by atoms with Crippen molar-refractivity contribution in [1.29, 1.82) is 0 Å². The van der Waals surface area contributed by atoms with Gasteiger partial charge in [0.15, 0.2) is 0 Å². The highest BCUT2D eigenvalue weighted by Crippen LogP contribution is 2.43. The topological polar surface area (TPSA) is 47.6 Å². The number of benzene rings is 3. The van der Waals surface area contributed by atoms with Crippen LogP contribution in [0.3, 0.4) is 0 Å². The fraction of sp³-hybridized carbons (Fsp3) is 0.0455. The molecule has 3 rings (SSSR count). The average Bonchev–Trinajstić information content (AvgIpc) is 2.69. The van der Waals surface area contributed by atoms with Crippen LogP contribution in [0.15, 0.2) is 96.8 Å². The lowest BCUT2D eigenvalue weighted by molar-refractivity contribution is -0.117. The maximum absolute atomic E-state index is 11.7. The van der Waals surface area contributed by atoms with Crippen molar-refractivity contribution in [2.75, 3.05) is 0 Å². The van der Waals surface area contributed by atoms with Crippen LogP contribution in [0.2, 0.25) is 0 Å². The van der Waals surface area contributed by atoms with Crippen LogP contribution in [0.25, 0.3) is 5.70 Å². The van der Waals surface area contributed by atoms with Crippen molar-refractivity contribution in [2.24, 2.45) is 0 Å². The molecule has 1 N–H and O–H groups in total. The predicted octanol–water partition coefficient (Wildman–Crippen LogP) is 5.59. The molecule has 0 saturated carbocycles. The summed E-state index contributed by atoms with van der Waals surface area (Å²) in [5.41, 5.74) is 1.54. The summed E-state index contributed by atoms with van der Waals surface area (Å²) in [6, 6.07) is 28.6. The van der Waals surface area contributed by atoms with Gasteiger partial charge in [0.1, 0.15) is 11.5 Å². The molecule has 0 aliphatic carbocycles. The number of hydrogen-bond donors (Lipinski definition) is 1. The fourth-order valence-electron chi connectivity index (χ4n) is 2.33. The Kier molecular flexibility index (Phi) is 6.61. The number of hydrogen-bond acceptors (Lipinski definition) is 3. The van der Waals surface area contributed by atoms with E-state index in [0.717, 1.165) is 5.56 Å². The molecule has 4 nitrogen and oxygen atoms in total. The van der Waals surface area contributed by atoms with Gasteiger partial charge in [-0.3, -0.25) is 4.79 Å². The highest BCUT2D eigenvalue weighted by molar-refractivity contribution is 7.51. The first-order valence-corrected chi connectivity index (χ1v) is 9.75. The van der Waals surface area contributed by atoms with Crippen molar-refractivity contribution < 1.29 is 13.8 Å². The van der Waals surface area contributed by atoms with Gasteiger partial charge in [-0.05, 0) is 29.8 Å². The lowest BCUT2D eigenvalue weighted by atomic mass is 10.2. The molecule has 0 radical (unpaired) electrons. The first-order valence-electron chi connectivity index (χ1n) is 8.51. The number of para-hydroxylation sites is 2. The molecule has 0 spiro atoms. The highest BCUT2D eigenvalue weighted by atomic mass is 31.2. The largest absolute Gasteiger partial charge is 0.436 e. The standard InChI is InChI=1S/C22H20NO3P/c1-18(24)23-22(19-11-5-2-6-12-19)17-27(25-20-13-7-3-8-14-20)26-21-15-9-4-10-16-21/h2-17H,1H3,(H,23,24). The number of nitrogens with one attached hydrogen (secondary N) is 1. The lowest BCUT2D eigenvalue weighted by Crippen LogP contribution is -2.18. The van der Waals surface area contributed by atoms with Crippen molar-refractivity contribution >= 4 is 20.0 Å². The molecule has 3 aromatic rings. The van der Waals surface area contributed by atoms with Crippen molar-refractivity contribution in [3.8, 4) is 11.5 Å². The molecule has 0 aliphatic rings. The van der Waals surface area contributed by atoms with Crippen molar-refractivity contribution in [3.05, 3.63) is 102 Å². The number of carbonyl (C=O) groups is 1. The molecular weight excluding hydrogens is 357 g/mol. The zero-order valence-corrected chi connectivity index (χ0v) is 15.8. The zero-order chi connectivity index (χ0) is 18.9. The molecule has 0 bridgehead atoms. The van der Waals surface area contributed by atoms with Gasteiger partial charge in [0.25, 0.3) is 0 Å². The molecule has 27 heavy (non-hydrogen) atoms. The molecule has 0 aliphatic heterocycles. The fourth-order valence-corrected chi connectivity index (χ4v) is 3.56. The highest BCUT2D eigenvalue weighted by Gasteiger charge is 2.15. The number of carbonyl (C=O) groups excluding carboxylic acids is 1. The minimum atomic E-state index is -1.48. The normalized spacial score (nSPS) is 11.1. The van der Waals surface area contributed by atoms with E-state index in [2.05, 4.69) is 5.32 Å². The van der Waals surface area contributed by atoms with Gasteiger partial charge >= 0.3 is 8.38 Å². The van der Waals surface area contributed by atoms with Crippen LogP contribution >= 0.6 is 8.38 Å². The summed E-state index contributed by atoms with van der Waals surface area (Å²) in [4.78, 5) is 11.7. The minimum absolute atomic E-state index is 0.153. The van der Waals surface area contributed by atoms with Gasteiger partial charge in [0, 0.05) is 12.7 Å². The third-order valence-electron chi connectivity index (χ3n) is 3.51. The quantitative estimate of drug-likeness (QED) is 0.546. The lowest BCUT2D eigenvalue weighted by Gasteiger charge is -2.18. The second kappa shape index (κ2) is 9.56. The molecule has 0 atom stereocenters. The Hall–Kier alpha value is -3.10. The monoisotopic (exact) mass is 377 g/mol. The molecule has 0 unspecified atom stereocenters. The molecule has 1 amide bonds. The van der Waals surface area contributed by atoms with Gasteiger partial charge in [-0.25, -0.2) is 0 Å². The Morgan fingerprint density at radius 2 is 1.22 bits per heavy atom. The van der Waals surface area contributed by atoms with Crippen LogP contribution in [-0.4, -0.2) is 5.91 Å². The van der Waals surface area contributed by atoms with Gasteiger partial charge in [-0.1, -0.05) is 66.7 Å². The minimum Gasteiger partial charge on any atom is -0.436 e. The molecule has 0 aromatic heterocycles. The molecule has 0 fully saturated rings. The Bertz CT molecular complexity index is 842. The number of amides is 1. The van der Waals surface area contributed by atoms with Gasteiger partial charge in [-0.15, -0.1) is 0 Å². The van der Waals surface area contributed by atoms with Gasteiger partial charge in [0.05, 0.1) is 5.70 Å². The smallest absolute Gasteiger partial charge is 0.320 e. The number of rotatable bonds is 7. The van der Waals surface area contributed by atoms with E-state index in [1.54, 1.807) is 0 Å². The molecule has 3 aromatic carbocycles. The summed E-state index contributed by atoms with van der Waals surface area (Å²) in [6.07, 6.45) is 0. The van der Waals surface area contributed by atoms with Crippen LogP contribution in [0.4, 0.5) is 0 Å². The Labute approximate surface area is 160 Å². The summed E-state index contributed by atoms with van der Waals surface area (Å²) in [5.74, 6) is 3.07. The second-order valence-corrected chi connectivity index (χ2v) is 6.88.